The molecule has 0 aliphatic carbocycles. The summed E-state index contributed by atoms with van der Waals surface area (Å²) < 4.78 is 19.7. The van der Waals surface area contributed by atoms with Gasteiger partial charge in [-0.1, -0.05) is 0 Å². The van der Waals surface area contributed by atoms with Crippen LogP contribution >= 0.6 is 0 Å². The second-order valence-corrected chi connectivity index (χ2v) is 7.70. The highest BCUT2D eigenvalue weighted by Crippen LogP contribution is 2.13. The molecule has 0 atom stereocenters. The number of rotatable bonds is 6. The van der Waals surface area contributed by atoms with Crippen molar-refractivity contribution in [1.29, 1.82) is 0 Å². The molecule has 1 fully saturated rings. The highest BCUT2D eigenvalue weighted by molar-refractivity contribution is 5.95. The van der Waals surface area contributed by atoms with Crippen LogP contribution in [0.2, 0.25) is 0 Å². The number of ether oxygens (including phenoxy) is 1. The van der Waals surface area contributed by atoms with Gasteiger partial charge in [0.25, 0.3) is 17.4 Å². The molecule has 0 bridgehead atoms. The molecule has 0 N–H and O–H groups in total. The number of piperazine rings is 1. The van der Waals surface area contributed by atoms with Crippen molar-refractivity contribution in [2.24, 2.45) is 0 Å². The molecule has 3 heterocycles. The number of fused-ring (bicyclic) bond motifs is 1. The van der Waals surface area contributed by atoms with Gasteiger partial charge in [-0.05, 0) is 42.8 Å². The van der Waals surface area contributed by atoms with Gasteiger partial charge in [-0.25, -0.2) is 14.4 Å². The zero-order valence-corrected chi connectivity index (χ0v) is 18.2. The van der Waals surface area contributed by atoms with E-state index in [9.17, 15) is 18.8 Å². The van der Waals surface area contributed by atoms with Crippen molar-refractivity contribution in [2.45, 2.75) is 13.0 Å². The van der Waals surface area contributed by atoms with Crippen molar-refractivity contribution < 1.29 is 18.7 Å². The van der Waals surface area contributed by atoms with Crippen LogP contribution in [0.15, 0.2) is 47.4 Å². The van der Waals surface area contributed by atoms with Crippen molar-refractivity contribution >= 4 is 23.0 Å². The molecular weight excluding hydrogens is 429 g/mol. The number of benzene rings is 1. The van der Waals surface area contributed by atoms with E-state index in [0.29, 0.717) is 49.4 Å². The number of nitrogens with zero attached hydrogens (tertiary/aromatic N) is 5. The molecule has 0 radical (unpaired) electrons. The molecule has 0 spiro atoms. The first-order valence-electron chi connectivity index (χ1n) is 10.7. The summed E-state index contributed by atoms with van der Waals surface area (Å²) in [4.78, 5) is 50.7. The fourth-order valence-corrected chi connectivity index (χ4v) is 3.83. The summed E-state index contributed by atoms with van der Waals surface area (Å²) in [6.07, 6.45) is 2.17. The van der Waals surface area contributed by atoms with Gasteiger partial charge in [0.1, 0.15) is 11.3 Å². The molecule has 1 aromatic carbocycles. The van der Waals surface area contributed by atoms with Gasteiger partial charge in [-0.3, -0.25) is 19.0 Å². The molecule has 33 heavy (non-hydrogen) atoms. The molecule has 2 aromatic heterocycles. The molecule has 172 valence electrons. The third-order valence-corrected chi connectivity index (χ3v) is 5.58. The molecule has 10 heteroatoms. The topological polar surface area (TPSA) is 97.6 Å². The average molecular weight is 453 g/mol. The standard InChI is InChI=1S/C23H24FN5O4/c1-33-15-3-10-29-20-18(4-2-9-25-20)26-19(23(29)32)22(31)28-13-11-27(12-14-28)21(30)16-5-7-17(24)8-6-16/h2,4-9H,3,10-15H2,1H3. The zero-order chi connectivity index (χ0) is 23.4. The minimum Gasteiger partial charge on any atom is -0.385 e. The van der Waals surface area contributed by atoms with Crippen LogP contribution in [0.3, 0.4) is 0 Å². The highest BCUT2D eigenvalue weighted by Gasteiger charge is 2.28. The summed E-state index contributed by atoms with van der Waals surface area (Å²) in [5.41, 5.74) is 0.616. The number of hydrogen-bond donors (Lipinski definition) is 0. The van der Waals surface area contributed by atoms with E-state index in [2.05, 4.69) is 9.97 Å². The molecule has 2 amide bonds. The number of aromatic nitrogens is 3. The van der Waals surface area contributed by atoms with Gasteiger partial charge in [0, 0.05) is 58.2 Å². The first-order valence-corrected chi connectivity index (χ1v) is 10.7. The normalized spacial score (nSPS) is 14.0. The largest absolute Gasteiger partial charge is 0.385 e. The number of pyridine rings is 1. The van der Waals surface area contributed by atoms with E-state index in [4.69, 9.17) is 4.74 Å². The van der Waals surface area contributed by atoms with E-state index < -0.39 is 17.3 Å². The smallest absolute Gasteiger partial charge is 0.283 e. The number of methoxy groups -OCH3 is 1. The Balaban J connectivity index is 1.52. The molecule has 3 aromatic rings. The van der Waals surface area contributed by atoms with Gasteiger partial charge in [0.2, 0.25) is 0 Å². The minimum absolute atomic E-state index is 0.161. The predicted octanol–water partition coefficient (Wildman–Crippen LogP) is 1.57. The monoisotopic (exact) mass is 453 g/mol. The second kappa shape index (κ2) is 9.86. The van der Waals surface area contributed by atoms with Gasteiger partial charge in [-0.15, -0.1) is 0 Å². The third-order valence-electron chi connectivity index (χ3n) is 5.58. The second-order valence-electron chi connectivity index (χ2n) is 7.70. The Kier molecular flexibility index (Phi) is 6.74. The fourth-order valence-electron chi connectivity index (χ4n) is 3.83. The molecule has 9 nitrogen and oxygen atoms in total. The fraction of sp³-hybridized carbons (Fsp3) is 0.348. The molecule has 1 aliphatic rings. The number of carbonyl (C=O) groups excluding carboxylic acids is 2. The van der Waals surface area contributed by atoms with E-state index in [1.54, 1.807) is 30.3 Å². The van der Waals surface area contributed by atoms with Crippen LogP contribution in [0.1, 0.15) is 27.3 Å². The summed E-state index contributed by atoms with van der Waals surface area (Å²) in [7, 11) is 1.58. The number of amides is 2. The lowest BCUT2D eigenvalue weighted by molar-refractivity contribution is 0.0531. The molecule has 1 saturated heterocycles. The van der Waals surface area contributed by atoms with Gasteiger partial charge < -0.3 is 14.5 Å². The Morgan fingerprint density at radius 2 is 1.70 bits per heavy atom. The SMILES string of the molecule is COCCCn1c(=O)c(C(=O)N2CCN(C(=O)c3ccc(F)cc3)CC2)nc2cccnc21. The summed E-state index contributed by atoms with van der Waals surface area (Å²) in [6.45, 7) is 1.96. The molecule has 1 aliphatic heterocycles. The minimum atomic E-state index is -0.493. The number of hydrogen-bond acceptors (Lipinski definition) is 6. The number of aryl methyl sites for hydroxylation is 1. The lowest BCUT2D eigenvalue weighted by Crippen LogP contribution is -2.51. The van der Waals surface area contributed by atoms with Crippen LogP contribution < -0.4 is 5.56 Å². The quantitative estimate of drug-likeness (QED) is 0.526. The van der Waals surface area contributed by atoms with Crippen LogP contribution in [0.4, 0.5) is 4.39 Å². The van der Waals surface area contributed by atoms with E-state index in [1.165, 1.54) is 33.7 Å². The summed E-state index contributed by atoms with van der Waals surface area (Å²) in [5, 5.41) is 0. The van der Waals surface area contributed by atoms with Gasteiger partial charge in [-0.2, -0.15) is 0 Å². The molecule has 0 unspecified atom stereocenters. The highest BCUT2D eigenvalue weighted by atomic mass is 19.1. The lowest BCUT2D eigenvalue weighted by atomic mass is 10.1. The first-order chi connectivity index (χ1) is 16.0. The maximum atomic E-state index is 13.2. The Hall–Kier alpha value is -3.66. The summed E-state index contributed by atoms with van der Waals surface area (Å²) in [6, 6.07) is 8.77. The van der Waals surface area contributed by atoms with E-state index >= 15 is 0 Å². The van der Waals surface area contributed by atoms with E-state index in [-0.39, 0.29) is 24.7 Å². The van der Waals surface area contributed by atoms with Gasteiger partial charge in [0.05, 0.1) is 0 Å². The van der Waals surface area contributed by atoms with Gasteiger partial charge >= 0.3 is 0 Å². The molecule has 0 saturated carbocycles. The van der Waals surface area contributed by atoms with Gasteiger partial charge in [0.15, 0.2) is 11.3 Å². The number of halogens is 1. The van der Waals surface area contributed by atoms with Crippen LogP contribution in [-0.4, -0.2) is 76.0 Å². The Morgan fingerprint density at radius 1 is 1.03 bits per heavy atom. The van der Waals surface area contributed by atoms with Crippen molar-refractivity contribution in [3.8, 4) is 0 Å². The lowest BCUT2D eigenvalue weighted by Gasteiger charge is -2.34. The van der Waals surface area contributed by atoms with Crippen LogP contribution in [0.5, 0.6) is 0 Å². The summed E-state index contributed by atoms with van der Waals surface area (Å²) >= 11 is 0. The zero-order valence-electron chi connectivity index (χ0n) is 18.2. The van der Waals surface area contributed by atoms with Crippen LogP contribution in [0, 0.1) is 5.82 Å². The maximum absolute atomic E-state index is 13.2. The Morgan fingerprint density at radius 3 is 2.36 bits per heavy atom. The first kappa shape index (κ1) is 22.5. The van der Waals surface area contributed by atoms with Crippen LogP contribution in [0.25, 0.3) is 11.2 Å². The molecule has 4 rings (SSSR count). The van der Waals surface area contributed by atoms with E-state index in [1.807, 2.05) is 0 Å². The third kappa shape index (κ3) is 4.75. The van der Waals surface area contributed by atoms with Crippen LogP contribution in [-0.2, 0) is 11.3 Å². The predicted molar refractivity (Wildman–Crippen MR) is 118 cm³/mol. The van der Waals surface area contributed by atoms with E-state index in [0.717, 1.165) is 0 Å². The number of carbonyl (C=O) groups is 2. The summed E-state index contributed by atoms with van der Waals surface area (Å²) in [5.74, 6) is -1.11. The van der Waals surface area contributed by atoms with Crippen molar-refractivity contribution in [3.05, 3.63) is 70.0 Å². The molecular formula is C23H24FN5O4. The average Bonchev–Trinajstić information content (AvgIpc) is 2.85. The van der Waals surface area contributed by atoms with Crippen molar-refractivity contribution in [1.82, 2.24) is 24.3 Å². The Labute approximate surface area is 189 Å². The van der Waals surface area contributed by atoms with Crippen molar-refractivity contribution in [3.63, 3.8) is 0 Å². The van der Waals surface area contributed by atoms with Crippen molar-refractivity contribution in [2.75, 3.05) is 39.9 Å². The maximum Gasteiger partial charge on any atom is 0.283 e. The Bertz CT molecular complexity index is 1220.